The molecule has 94 valence electrons. The lowest BCUT2D eigenvalue weighted by Crippen LogP contribution is -2.33. The van der Waals surface area contributed by atoms with E-state index in [1.54, 1.807) is 0 Å². The fraction of sp³-hybridized carbons (Fsp3) is 0.600. The molecule has 6 nitrogen and oxygen atoms in total. The minimum atomic E-state index is -0.596. The lowest BCUT2D eigenvalue weighted by Gasteiger charge is -2.13. The van der Waals surface area contributed by atoms with Crippen LogP contribution in [0.2, 0.25) is 0 Å². The maximum atomic E-state index is 11.6. The summed E-state index contributed by atoms with van der Waals surface area (Å²) in [6, 6.07) is -0.167. The molecule has 0 bridgehead atoms. The minimum absolute atomic E-state index is 0.0904. The van der Waals surface area contributed by atoms with Crippen LogP contribution in [0.1, 0.15) is 18.9 Å². The summed E-state index contributed by atoms with van der Waals surface area (Å²) in [6.45, 7) is -0.0904. The third-order valence-electron chi connectivity index (χ3n) is 3.18. The molecule has 0 aliphatic heterocycles. The number of H-pyrrole nitrogens is 1. The van der Waals surface area contributed by atoms with Gasteiger partial charge in [-0.2, -0.15) is 0 Å². The largest absolute Gasteiger partial charge is 0.396 e. The number of halogens is 1. The smallest absolute Gasteiger partial charge is 0.328 e. The number of aliphatic hydroxyl groups is 2. The first-order valence-corrected chi connectivity index (χ1v) is 6.40. The van der Waals surface area contributed by atoms with Gasteiger partial charge in [-0.1, -0.05) is 0 Å². The van der Waals surface area contributed by atoms with Gasteiger partial charge in [0, 0.05) is 24.8 Å². The van der Waals surface area contributed by atoms with Gasteiger partial charge >= 0.3 is 5.69 Å². The second-order valence-electron chi connectivity index (χ2n) is 4.28. The predicted octanol–water partition coefficient (Wildman–Crippen LogP) is -0.554. The van der Waals surface area contributed by atoms with E-state index in [4.69, 9.17) is 5.11 Å². The topological polar surface area (TPSA) is 95.3 Å². The van der Waals surface area contributed by atoms with Gasteiger partial charge in [0.25, 0.3) is 5.56 Å². The molecule has 1 fully saturated rings. The van der Waals surface area contributed by atoms with Crippen molar-refractivity contribution in [1.29, 1.82) is 0 Å². The molecule has 1 aliphatic carbocycles. The van der Waals surface area contributed by atoms with E-state index in [0.29, 0.717) is 16.4 Å². The Bertz CT molecular complexity index is 524. The number of hydrogen-bond donors (Lipinski definition) is 3. The lowest BCUT2D eigenvalue weighted by atomic mass is 10.1. The number of aromatic nitrogens is 2. The average Bonchev–Trinajstić information content (AvgIpc) is 2.65. The third-order valence-corrected chi connectivity index (χ3v) is 3.95. The molecular formula is C10H13IN2O4. The van der Waals surface area contributed by atoms with Crippen molar-refractivity contribution in [3.8, 4) is 0 Å². The monoisotopic (exact) mass is 352 g/mol. The van der Waals surface area contributed by atoms with Crippen LogP contribution in [0.4, 0.5) is 0 Å². The van der Waals surface area contributed by atoms with E-state index in [2.05, 4.69) is 4.98 Å². The van der Waals surface area contributed by atoms with Crippen LogP contribution in [-0.4, -0.2) is 32.5 Å². The number of nitrogens with zero attached hydrogens (tertiary/aromatic N) is 1. The summed E-state index contributed by atoms with van der Waals surface area (Å²) >= 11 is 1.86. The van der Waals surface area contributed by atoms with E-state index in [9.17, 15) is 14.7 Å². The SMILES string of the molecule is O=c1[nH]c(=O)n([C@H]2C[C@@H](CO)[C@H](O)C2)cc1I. The van der Waals surface area contributed by atoms with Crippen LogP contribution >= 0.6 is 22.6 Å². The molecule has 3 N–H and O–H groups in total. The van der Waals surface area contributed by atoms with Gasteiger partial charge in [-0.15, -0.1) is 0 Å². The fourth-order valence-electron chi connectivity index (χ4n) is 2.23. The molecule has 1 heterocycles. The van der Waals surface area contributed by atoms with E-state index < -0.39 is 17.4 Å². The maximum Gasteiger partial charge on any atom is 0.328 e. The average molecular weight is 352 g/mol. The van der Waals surface area contributed by atoms with Crippen molar-refractivity contribution in [1.82, 2.24) is 9.55 Å². The second kappa shape index (κ2) is 4.91. The first-order chi connectivity index (χ1) is 8.02. The highest BCUT2D eigenvalue weighted by Gasteiger charge is 2.34. The summed E-state index contributed by atoms with van der Waals surface area (Å²) in [5.41, 5.74) is -0.865. The van der Waals surface area contributed by atoms with E-state index in [1.165, 1.54) is 10.8 Å². The Morgan fingerprint density at radius 2 is 2.18 bits per heavy atom. The molecule has 1 aliphatic rings. The Morgan fingerprint density at radius 1 is 1.47 bits per heavy atom. The molecule has 1 aromatic heterocycles. The van der Waals surface area contributed by atoms with Crippen LogP contribution in [0.25, 0.3) is 0 Å². The van der Waals surface area contributed by atoms with Crippen molar-refractivity contribution in [3.05, 3.63) is 30.6 Å². The van der Waals surface area contributed by atoms with Gasteiger partial charge in [-0.25, -0.2) is 4.79 Å². The summed E-state index contributed by atoms with van der Waals surface area (Å²) < 4.78 is 1.87. The third kappa shape index (κ3) is 2.45. The number of aromatic amines is 1. The number of hydrogen-bond acceptors (Lipinski definition) is 4. The van der Waals surface area contributed by atoms with Gasteiger partial charge in [0.1, 0.15) is 0 Å². The first kappa shape index (κ1) is 12.8. The summed E-state index contributed by atoms with van der Waals surface area (Å²) in [7, 11) is 0. The Hall–Kier alpha value is -0.670. The van der Waals surface area contributed by atoms with Crippen LogP contribution in [0.15, 0.2) is 15.8 Å². The van der Waals surface area contributed by atoms with Crippen molar-refractivity contribution >= 4 is 22.6 Å². The molecule has 0 saturated heterocycles. The second-order valence-corrected chi connectivity index (χ2v) is 5.44. The van der Waals surface area contributed by atoms with E-state index in [0.717, 1.165) is 0 Å². The molecule has 3 atom stereocenters. The standard InChI is InChI=1S/C10H13IN2O4/c11-7-3-13(10(17)12-9(7)16)6-1-5(4-14)8(15)2-6/h3,5-6,8,14-15H,1-2,4H2,(H,12,16,17)/t5-,6-,8+/m0/s1. The minimum Gasteiger partial charge on any atom is -0.396 e. The normalized spacial score (nSPS) is 28.5. The molecule has 17 heavy (non-hydrogen) atoms. The van der Waals surface area contributed by atoms with Crippen molar-refractivity contribution in [2.24, 2.45) is 5.92 Å². The molecule has 0 spiro atoms. The Labute approximate surface area is 110 Å². The Balaban J connectivity index is 2.34. The highest BCUT2D eigenvalue weighted by molar-refractivity contribution is 14.1. The molecule has 1 aromatic rings. The van der Waals surface area contributed by atoms with Gasteiger partial charge < -0.3 is 10.2 Å². The molecular weight excluding hydrogens is 339 g/mol. The fourth-order valence-corrected chi connectivity index (χ4v) is 2.66. The first-order valence-electron chi connectivity index (χ1n) is 5.32. The van der Waals surface area contributed by atoms with Crippen molar-refractivity contribution in [2.45, 2.75) is 25.0 Å². The van der Waals surface area contributed by atoms with E-state index in [1.807, 2.05) is 22.6 Å². The van der Waals surface area contributed by atoms with Crippen molar-refractivity contribution in [2.75, 3.05) is 6.61 Å². The highest BCUT2D eigenvalue weighted by atomic mass is 127. The van der Waals surface area contributed by atoms with Gasteiger partial charge in [-0.3, -0.25) is 14.3 Å². The van der Waals surface area contributed by atoms with E-state index in [-0.39, 0.29) is 18.6 Å². The molecule has 1 saturated carbocycles. The van der Waals surface area contributed by atoms with Crippen molar-refractivity contribution < 1.29 is 10.2 Å². The van der Waals surface area contributed by atoms with Gasteiger partial charge in [-0.05, 0) is 35.4 Å². The number of rotatable bonds is 2. The summed E-state index contributed by atoms with van der Waals surface area (Å²) in [6.07, 6.45) is 1.87. The molecule has 7 heteroatoms. The number of aliphatic hydroxyl groups excluding tert-OH is 2. The van der Waals surface area contributed by atoms with Gasteiger partial charge in [0.2, 0.25) is 0 Å². The van der Waals surface area contributed by atoms with Crippen LogP contribution in [-0.2, 0) is 0 Å². The lowest BCUT2D eigenvalue weighted by molar-refractivity contribution is 0.0906. The predicted molar refractivity (Wildman–Crippen MR) is 68.9 cm³/mol. The highest BCUT2D eigenvalue weighted by Crippen LogP contribution is 2.33. The zero-order chi connectivity index (χ0) is 12.6. The zero-order valence-corrected chi connectivity index (χ0v) is 11.1. The van der Waals surface area contributed by atoms with Crippen LogP contribution in [0.3, 0.4) is 0 Å². The summed E-state index contributed by atoms with van der Waals surface area (Å²) in [5, 5.41) is 18.7. The molecule has 0 radical (unpaired) electrons. The summed E-state index contributed by atoms with van der Waals surface area (Å²) in [5.74, 6) is -0.198. The van der Waals surface area contributed by atoms with Crippen molar-refractivity contribution in [3.63, 3.8) is 0 Å². The van der Waals surface area contributed by atoms with Crippen LogP contribution in [0, 0.1) is 9.49 Å². The maximum absolute atomic E-state index is 11.6. The molecule has 2 rings (SSSR count). The Kier molecular flexibility index (Phi) is 3.69. The van der Waals surface area contributed by atoms with Crippen LogP contribution in [0.5, 0.6) is 0 Å². The molecule has 0 unspecified atom stereocenters. The van der Waals surface area contributed by atoms with Gasteiger partial charge in [0.15, 0.2) is 0 Å². The van der Waals surface area contributed by atoms with Gasteiger partial charge in [0.05, 0.1) is 9.67 Å². The molecule has 0 amide bonds. The Morgan fingerprint density at radius 3 is 2.76 bits per heavy atom. The zero-order valence-electron chi connectivity index (χ0n) is 8.97. The number of nitrogens with one attached hydrogen (secondary N) is 1. The van der Waals surface area contributed by atoms with E-state index >= 15 is 0 Å². The summed E-state index contributed by atoms with van der Waals surface area (Å²) in [4.78, 5) is 25.1. The molecule has 0 aromatic carbocycles. The quantitative estimate of drug-likeness (QED) is 0.623. The van der Waals surface area contributed by atoms with Crippen LogP contribution < -0.4 is 11.2 Å².